The lowest BCUT2D eigenvalue weighted by Gasteiger charge is -2.33. The summed E-state index contributed by atoms with van der Waals surface area (Å²) in [6.45, 7) is 1.67. The number of rotatable bonds is 11. The summed E-state index contributed by atoms with van der Waals surface area (Å²) in [5.41, 5.74) is 1.21. The summed E-state index contributed by atoms with van der Waals surface area (Å²) in [5, 5.41) is 7.65. The molecule has 0 bridgehead atoms. The van der Waals surface area contributed by atoms with Crippen LogP contribution in [0.3, 0.4) is 0 Å². The van der Waals surface area contributed by atoms with E-state index in [1.165, 1.54) is 12.3 Å². The summed E-state index contributed by atoms with van der Waals surface area (Å²) >= 11 is 0. The number of anilines is 1. The van der Waals surface area contributed by atoms with Gasteiger partial charge in [-0.15, -0.1) is 0 Å². The number of aromatic nitrogens is 1. The van der Waals surface area contributed by atoms with Gasteiger partial charge in [0.2, 0.25) is 17.7 Å². The van der Waals surface area contributed by atoms with Crippen molar-refractivity contribution in [3.8, 4) is 0 Å². The van der Waals surface area contributed by atoms with Gasteiger partial charge in [-0.25, -0.2) is 18.6 Å². The van der Waals surface area contributed by atoms with Crippen molar-refractivity contribution >= 4 is 23.7 Å². The molecule has 1 heterocycles. The second kappa shape index (κ2) is 14.2. The Hall–Kier alpha value is -3.77. The number of hydrogen-bond donors (Lipinski definition) is 3. The van der Waals surface area contributed by atoms with E-state index in [1.807, 2.05) is 0 Å². The zero-order valence-corrected chi connectivity index (χ0v) is 22.5. The van der Waals surface area contributed by atoms with E-state index in [1.54, 1.807) is 43.3 Å². The maximum atomic E-state index is 13.8. The molecule has 41 heavy (non-hydrogen) atoms. The quantitative estimate of drug-likeness (QED) is 0.279. The highest BCUT2D eigenvalue weighted by atomic mass is 19.4. The molecule has 1 saturated carbocycles. The lowest BCUT2D eigenvalue weighted by Crippen LogP contribution is -2.50. The van der Waals surface area contributed by atoms with Crippen molar-refractivity contribution in [1.29, 1.82) is 0 Å². The normalized spacial score (nSPS) is 16.7. The van der Waals surface area contributed by atoms with Crippen LogP contribution in [0.25, 0.3) is 0 Å². The fourth-order valence-electron chi connectivity index (χ4n) is 4.56. The first kappa shape index (κ1) is 31.8. The zero-order chi connectivity index (χ0) is 30.0. The SMILES string of the molecule is CCC(NC(=O)CCC(F)(F)F)c1ccnc(NC(=O)[C@@H](NC(=O)OCc2ccccc2)C2CCC(F)(F)CC2)c1. The molecule has 3 amide bonds. The van der Waals surface area contributed by atoms with Gasteiger partial charge in [-0.05, 0) is 48.4 Å². The molecule has 0 aliphatic heterocycles. The minimum absolute atomic E-state index is 0.000609. The molecular weight excluding hydrogens is 551 g/mol. The number of carbonyl (C=O) groups is 3. The van der Waals surface area contributed by atoms with Gasteiger partial charge in [-0.2, -0.15) is 13.2 Å². The highest BCUT2D eigenvalue weighted by Crippen LogP contribution is 2.37. The van der Waals surface area contributed by atoms with Gasteiger partial charge in [-0.3, -0.25) is 9.59 Å². The van der Waals surface area contributed by atoms with Crippen molar-refractivity contribution in [2.75, 3.05) is 5.32 Å². The molecule has 1 aromatic carbocycles. The van der Waals surface area contributed by atoms with Crippen LogP contribution in [0, 0.1) is 5.92 Å². The summed E-state index contributed by atoms with van der Waals surface area (Å²) in [4.78, 5) is 42.0. The van der Waals surface area contributed by atoms with Crippen LogP contribution in [0.15, 0.2) is 48.7 Å². The third-order valence-electron chi connectivity index (χ3n) is 6.82. The third-order valence-corrected chi connectivity index (χ3v) is 6.82. The number of alkyl carbamates (subject to hydrolysis) is 1. The number of carbonyl (C=O) groups excluding carboxylic acids is 3. The minimum atomic E-state index is -4.46. The molecule has 1 aliphatic carbocycles. The highest BCUT2D eigenvalue weighted by Gasteiger charge is 2.40. The molecule has 2 atom stereocenters. The molecule has 3 rings (SSSR count). The first-order valence-corrected chi connectivity index (χ1v) is 13.3. The average Bonchev–Trinajstić information content (AvgIpc) is 2.93. The van der Waals surface area contributed by atoms with Crippen LogP contribution in [0.1, 0.15) is 69.0 Å². The van der Waals surface area contributed by atoms with E-state index in [-0.39, 0.29) is 25.3 Å². The van der Waals surface area contributed by atoms with E-state index in [4.69, 9.17) is 4.74 Å². The number of amides is 3. The smallest absolute Gasteiger partial charge is 0.408 e. The molecular formula is C28H33F5N4O4. The fraction of sp³-hybridized carbons (Fsp3) is 0.500. The Morgan fingerprint density at radius 3 is 2.39 bits per heavy atom. The Balaban J connectivity index is 1.69. The van der Waals surface area contributed by atoms with Crippen molar-refractivity contribution in [2.45, 2.75) is 82.7 Å². The second-order valence-electron chi connectivity index (χ2n) is 9.98. The number of ether oxygens (including phenoxy) is 1. The van der Waals surface area contributed by atoms with Crippen molar-refractivity contribution < 1.29 is 41.1 Å². The van der Waals surface area contributed by atoms with Crippen LogP contribution in [0.5, 0.6) is 0 Å². The van der Waals surface area contributed by atoms with E-state index in [0.717, 1.165) is 5.56 Å². The van der Waals surface area contributed by atoms with Crippen molar-refractivity contribution in [3.05, 3.63) is 59.8 Å². The second-order valence-corrected chi connectivity index (χ2v) is 9.98. The van der Waals surface area contributed by atoms with Gasteiger partial charge in [0.15, 0.2) is 0 Å². The number of nitrogens with one attached hydrogen (secondary N) is 3. The van der Waals surface area contributed by atoms with Gasteiger partial charge >= 0.3 is 12.3 Å². The minimum Gasteiger partial charge on any atom is -0.445 e. The van der Waals surface area contributed by atoms with Crippen molar-refractivity contribution in [1.82, 2.24) is 15.6 Å². The third kappa shape index (κ3) is 10.6. The first-order chi connectivity index (χ1) is 19.3. The lowest BCUT2D eigenvalue weighted by atomic mass is 9.81. The Labute approximate surface area is 234 Å². The molecule has 1 unspecified atom stereocenters. The Morgan fingerprint density at radius 1 is 1.07 bits per heavy atom. The number of alkyl halides is 5. The molecule has 0 radical (unpaired) electrons. The largest absolute Gasteiger partial charge is 0.445 e. The molecule has 13 heteroatoms. The molecule has 8 nitrogen and oxygen atoms in total. The van der Waals surface area contributed by atoms with Crippen LogP contribution in [0.2, 0.25) is 0 Å². The number of benzene rings is 1. The predicted octanol–water partition coefficient (Wildman–Crippen LogP) is 6.05. The molecule has 0 saturated heterocycles. The van der Waals surface area contributed by atoms with Gasteiger partial charge in [0, 0.05) is 25.5 Å². The van der Waals surface area contributed by atoms with Crippen LogP contribution in [-0.4, -0.2) is 41.0 Å². The molecule has 3 N–H and O–H groups in total. The lowest BCUT2D eigenvalue weighted by molar-refractivity contribution is -0.144. The first-order valence-electron chi connectivity index (χ1n) is 13.3. The summed E-state index contributed by atoms with van der Waals surface area (Å²) in [7, 11) is 0. The van der Waals surface area contributed by atoms with Crippen LogP contribution >= 0.6 is 0 Å². The van der Waals surface area contributed by atoms with E-state index in [9.17, 15) is 36.3 Å². The Bertz CT molecular complexity index is 1170. The van der Waals surface area contributed by atoms with Crippen molar-refractivity contribution in [2.24, 2.45) is 5.92 Å². The standard InChI is InChI=1S/C28H33F5N4O4/c1-2-21(35-23(38)10-14-28(31,32)33)20-11-15-34-22(16-20)36-25(39)24(19-8-12-27(29,30)13-9-19)37-26(40)41-17-18-6-4-3-5-7-18/h3-7,11,15-16,19,21,24H,2,8-10,12-14,17H2,1H3,(H,35,38)(H,37,40)(H,34,36,39)/t21?,24-/m0/s1. The van der Waals surface area contributed by atoms with Crippen LogP contribution < -0.4 is 16.0 Å². The molecule has 0 spiro atoms. The molecule has 1 aliphatic rings. The summed E-state index contributed by atoms with van der Waals surface area (Å²) in [6, 6.07) is 10.0. The number of pyridine rings is 1. The zero-order valence-electron chi connectivity index (χ0n) is 22.5. The molecule has 1 fully saturated rings. The monoisotopic (exact) mass is 584 g/mol. The Kier molecular flexibility index (Phi) is 11.0. The van der Waals surface area contributed by atoms with Gasteiger partial charge in [-0.1, -0.05) is 37.3 Å². The van der Waals surface area contributed by atoms with E-state index in [2.05, 4.69) is 20.9 Å². The van der Waals surface area contributed by atoms with Gasteiger partial charge < -0.3 is 20.7 Å². The molecule has 2 aromatic rings. The molecule has 224 valence electrons. The van der Waals surface area contributed by atoms with E-state index >= 15 is 0 Å². The van der Waals surface area contributed by atoms with Gasteiger partial charge in [0.25, 0.3) is 0 Å². The number of hydrogen-bond acceptors (Lipinski definition) is 5. The maximum Gasteiger partial charge on any atom is 0.408 e. The summed E-state index contributed by atoms with van der Waals surface area (Å²) in [6.07, 6.45) is -6.47. The topological polar surface area (TPSA) is 109 Å². The predicted molar refractivity (Wildman–Crippen MR) is 140 cm³/mol. The molecule has 1 aromatic heterocycles. The van der Waals surface area contributed by atoms with E-state index in [0.29, 0.717) is 12.0 Å². The van der Waals surface area contributed by atoms with Crippen LogP contribution in [0.4, 0.5) is 32.6 Å². The maximum absolute atomic E-state index is 13.8. The number of halogens is 5. The summed E-state index contributed by atoms with van der Waals surface area (Å²) in [5.74, 6) is -4.84. The summed E-state index contributed by atoms with van der Waals surface area (Å²) < 4.78 is 70.2. The number of nitrogens with zero attached hydrogens (tertiary/aromatic N) is 1. The fourth-order valence-corrected chi connectivity index (χ4v) is 4.56. The van der Waals surface area contributed by atoms with Gasteiger partial charge in [0.05, 0.1) is 12.5 Å². The van der Waals surface area contributed by atoms with Crippen molar-refractivity contribution in [3.63, 3.8) is 0 Å². The van der Waals surface area contributed by atoms with Gasteiger partial charge in [0.1, 0.15) is 18.5 Å². The highest BCUT2D eigenvalue weighted by molar-refractivity contribution is 5.96. The average molecular weight is 585 g/mol. The van der Waals surface area contributed by atoms with E-state index < -0.39 is 73.7 Å². The van der Waals surface area contributed by atoms with Crippen LogP contribution in [-0.2, 0) is 20.9 Å². The Morgan fingerprint density at radius 2 is 1.76 bits per heavy atom.